The van der Waals surface area contributed by atoms with Crippen LogP contribution >= 0.6 is 11.6 Å². The van der Waals surface area contributed by atoms with Gasteiger partial charge in [-0.05, 0) is 36.9 Å². The van der Waals surface area contributed by atoms with Gasteiger partial charge < -0.3 is 15.4 Å². The van der Waals surface area contributed by atoms with Gasteiger partial charge in [0.2, 0.25) is 5.91 Å². The number of aromatic hydroxyl groups is 1. The summed E-state index contributed by atoms with van der Waals surface area (Å²) in [4.78, 5) is 29.1. The van der Waals surface area contributed by atoms with Crippen LogP contribution in [0.1, 0.15) is 15.9 Å². The lowest BCUT2D eigenvalue weighted by Gasteiger charge is -2.21. The van der Waals surface area contributed by atoms with Gasteiger partial charge in [0.25, 0.3) is 11.5 Å². The first kappa shape index (κ1) is 20.5. The largest absolute Gasteiger partial charge is 0.756 e. The van der Waals surface area contributed by atoms with Crippen LogP contribution in [-0.4, -0.2) is 32.5 Å². The summed E-state index contributed by atoms with van der Waals surface area (Å²) in [6.45, 7) is 0.244. The molecule has 0 bridgehead atoms. The molecule has 9 heteroatoms. The predicted molar refractivity (Wildman–Crippen MR) is 115 cm³/mol. The van der Waals surface area contributed by atoms with E-state index < -0.39 is 11.5 Å². The molecule has 0 saturated heterocycles. The van der Waals surface area contributed by atoms with Gasteiger partial charge in [-0.25, -0.2) is 9.78 Å². The van der Waals surface area contributed by atoms with E-state index in [0.717, 1.165) is 12.6 Å². The summed E-state index contributed by atoms with van der Waals surface area (Å²) in [5.74, 6) is -0.928. The molecule has 0 atom stereocenters. The van der Waals surface area contributed by atoms with E-state index in [-0.39, 0.29) is 28.6 Å². The van der Waals surface area contributed by atoms with Gasteiger partial charge >= 0.3 is 5.56 Å². The number of pyridine rings is 2. The summed E-state index contributed by atoms with van der Waals surface area (Å²) in [6.07, 6.45) is 3.21. The third-order valence-corrected chi connectivity index (χ3v) is 5.09. The smallest absolute Gasteiger partial charge is 0.354 e. The van der Waals surface area contributed by atoms with Crippen molar-refractivity contribution >= 4 is 23.2 Å². The molecule has 0 saturated carbocycles. The van der Waals surface area contributed by atoms with E-state index >= 15 is 0 Å². The number of hydrogen-bond acceptors (Lipinski definition) is 5. The Morgan fingerprint density at radius 1 is 1.19 bits per heavy atom. The van der Waals surface area contributed by atoms with Crippen LogP contribution < -0.4 is 10.1 Å². The lowest BCUT2D eigenvalue weighted by molar-refractivity contribution is -0.671. The number of rotatable bonds is 4. The number of benzene rings is 1. The van der Waals surface area contributed by atoms with Gasteiger partial charge in [-0.2, -0.15) is 8.97 Å². The van der Waals surface area contributed by atoms with Crippen molar-refractivity contribution in [2.45, 2.75) is 6.54 Å². The van der Waals surface area contributed by atoms with Crippen LogP contribution in [0.5, 0.6) is 5.88 Å². The third-order valence-electron chi connectivity index (χ3n) is 4.86. The molecule has 0 radical (unpaired) electrons. The number of hydroxylamine groups is 2. The van der Waals surface area contributed by atoms with Crippen LogP contribution in [0, 0.1) is 5.21 Å². The van der Waals surface area contributed by atoms with Gasteiger partial charge in [-0.15, -0.1) is 0 Å². The number of fused-ring (bicyclic) bond motifs is 1. The van der Waals surface area contributed by atoms with Crippen LogP contribution in [0.4, 0.5) is 0 Å². The molecule has 0 aliphatic heterocycles. The first-order valence-electron chi connectivity index (χ1n) is 9.29. The Kier molecular flexibility index (Phi) is 5.41. The van der Waals surface area contributed by atoms with Gasteiger partial charge in [0.05, 0.1) is 6.20 Å². The SMILES string of the molecule is CN([O-])C(=O)c1ccc(-c2c(O)[n+](Cc3ccc(Cl)nc3)c3ccccn3c2=O)cc1. The molecule has 1 aromatic carbocycles. The Hall–Kier alpha value is -3.75. The van der Waals surface area contributed by atoms with Crippen LogP contribution in [0.25, 0.3) is 16.8 Å². The van der Waals surface area contributed by atoms with E-state index in [1.165, 1.54) is 28.7 Å². The van der Waals surface area contributed by atoms with Crippen molar-refractivity contribution in [3.05, 3.63) is 98.8 Å². The molecule has 3 heterocycles. The Morgan fingerprint density at radius 3 is 2.58 bits per heavy atom. The van der Waals surface area contributed by atoms with Crippen molar-refractivity contribution in [2.75, 3.05) is 7.05 Å². The third kappa shape index (κ3) is 3.86. The van der Waals surface area contributed by atoms with E-state index in [9.17, 15) is 19.9 Å². The number of carbonyl (C=O) groups excluding carboxylic acids is 1. The molecule has 0 aliphatic rings. The van der Waals surface area contributed by atoms with E-state index in [2.05, 4.69) is 4.98 Å². The fraction of sp³-hybridized carbons (Fsp3) is 0.0909. The molecule has 31 heavy (non-hydrogen) atoms. The zero-order valence-electron chi connectivity index (χ0n) is 16.4. The Bertz CT molecular complexity index is 1330. The minimum atomic E-state index is -0.698. The molecule has 1 N–H and O–H groups in total. The second-order valence-corrected chi connectivity index (χ2v) is 7.28. The fourth-order valence-corrected chi connectivity index (χ4v) is 3.45. The average molecular weight is 437 g/mol. The topological polar surface area (TPSA) is 102 Å². The molecule has 1 amide bonds. The monoisotopic (exact) mass is 436 g/mol. The minimum absolute atomic E-state index is 0.0695. The van der Waals surface area contributed by atoms with E-state index in [1.54, 1.807) is 47.3 Å². The Labute approximate surface area is 181 Å². The maximum Gasteiger partial charge on any atom is 0.354 e. The minimum Gasteiger partial charge on any atom is -0.756 e. The van der Waals surface area contributed by atoms with Gasteiger partial charge in [0.1, 0.15) is 11.7 Å². The summed E-state index contributed by atoms with van der Waals surface area (Å²) in [5.41, 5.74) is 1.51. The highest BCUT2D eigenvalue weighted by Gasteiger charge is 2.25. The first-order chi connectivity index (χ1) is 14.9. The second-order valence-electron chi connectivity index (χ2n) is 6.89. The summed E-state index contributed by atoms with van der Waals surface area (Å²) < 4.78 is 3.02. The molecule has 0 aliphatic carbocycles. The van der Waals surface area contributed by atoms with Gasteiger partial charge in [0, 0.05) is 23.4 Å². The number of carbonyl (C=O) groups is 1. The lowest BCUT2D eigenvalue weighted by Crippen LogP contribution is -2.41. The zero-order chi connectivity index (χ0) is 22.1. The number of halogens is 1. The lowest BCUT2D eigenvalue weighted by atomic mass is 10.1. The normalized spacial score (nSPS) is 10.9. The summed E-state index contributed by atoms with van der Waals surface area (Å²) in [5, 5.41) is 22.9. The van der Waals surface area contributed by atoms with Gasteiger partial charge in [0.15, 0.2) is 5.56 Å². The van der Waals surface area contributed by atoms with Crippen LogP contribution in [-0.2, 0) is 6.54 Å². The highest BCUT2D eigenvalue weighted by molar-refractivity contribution is 6.29. The number of aromatic nitrogens is 3. The number of nitrogens with zero attached hydrogens (tertiary/aromatic N) is 4. The van der Waals surface area contributed by atoms with E-state index in [4.69, 9.17) is 11.6 Å². The van der Waals surface area contributed by atoms with Crippen LogP contribution in [0.2, 0.25) is 5.15 Å². The molecular weight excluding hydrogens is 420 g/mol. The first-order valence-corrected chi connectivity index (χ1v) is 9.67. The van der Waals surface area contributed by atoms with Crippen molar-refractivity contribution in [1.82, 2.24) is 14.4 Å². The number of hydrogen-bond donors (Lipinski definition) is 1. The molecule has 4 rings (SSSR count). The van der Waals surface area contributed by atoms with Gasteiger partial charge in [-0.3, -0.25) is 4.79 Å². The Morgan fingerprint density at radius 2 is 1.94 bits per heavy atom. The van der Waals surface area contributed by atoms with E-state index in [0.29, 0.717) is 16.4 Å². The summed E-state index contributed by atoms with van der Waals surface area (Å²) in [7, 11) is 1.12. The van der Waals surface area contributed by atoms with Crippen molar-refractivity contribution in [3.63, 3.8) is 0 Å². The van der Waals surface area contributed by atoms with Crippen molar-refractivity contribution in [3.8, 4) is 17.0 Å². The predicted octanol–water partition coefficient (Wildman–Crippen LogP) is 2.63. The maximum absolute atomic E-state index is 13.2. The van der Waals surface area contributed by atoms with Crippen LogP contribution in [0.3, 0.4) is 0 Å². The summed E-state index contributed by atoms with van der Waals surface area (Å²) >= 11 is 5.86. The average Bonchev–Trinajstić information content (AvgIpc) is 2.78. The molecule has 0 spiro atoms. The molecule has 4 aromatic rings. The molecule has 3 aromatic heterocycles. The van der Waals surface area contributed by atoms with Crippen LogP contribution in [0.15, 0.2) is 71.8 Å². The molecule has 0 fully saturated rings. The quantitative estimate of drug-likeness (QED) is 0.301. The molecular formula is C22H17ClN4O4. The summed E-state index contributed by atoms with van der Waals surface area (Å²) in [6, 6.07) is 14.6. The fourth-order valence-electron chi connectivity index (χ4n) is 3.34. The van der Waals surface area contributed by atoms with Crippen molar-refractivity contribution < 1.29 is 14.5 Å². The maximum atomic E-state index is 13.2. The highest BCUT2D eigenvalue weighted by atomic mass is 35.5. The molecule has 8 nitrogen and oxygen atoms in total. The van der Waals surface area contributed by atoms with Crippen molar-refractivity contribution in [1.29, 1.82) is 0 Å². The zero-order valence-corrected chi connectivity index (χ0v) is 17.2. The highest BCUT2D eigenvalue weighted by Crippen LogP contribution is 2.24. The number of amides is 1. The standard InChI is InChI=1S/C22H17ClN4O4/c1-25(31)20(28)16-8-6-15(7-9-16)19-21(29)26-11-3-2-4-18(26)27(22(19)30)13-14-5-10-17(23)24-12-14/h2-12,30H,13H2,1H3. The molecule has 156 valence electrons. The van der Waals surface area contributed by atoms with E-state index in [1.807, 2.05) is 0 Å². The van der Waals surface area contributed by atoms with Crippen molar-refractivity contribution in [2.24, 2.45) is 0 Å². The molecule has 0 unspecified atom stereocenters. The Balaban J connectivity index is 1.89. The second kappa shape index (κ2) is 8.17. The van der Waals surface area contributed by atoms with Gasteiger partial charge in [-0.1, -0.05) is 35.9 Å².